The van der Waals surface area contributed by atoms with Crippen molar-refractivity contribution in [1.82, 2.24) is 5.32 Å². The molecule has 0 aromatic heterocycles. The molecule has 0 atom stereocenters. The zero-order valence-corrected chi connectivity index (χ0v) is 22.1. The first-order valence-electron chi connectivity index (χ1n) is 10.9. The van der Waals surface area contributed by atoms with Crippen LogP contribution in [0.25, 0.3) is 6.08 Å². The summed E-state index contributed by atoms with van der Waals surface area (Å²) in [6.07, 6.45) is -3.73. The van der Waals surface area contributed by atoms with Crippen molar-refractivity contribution >= 4 is 70.1 Å². The highest BCUT2D eigenvalue weighted by Crippen LogP contribution is 2.42. The highest BCUT2D eigenvalue weighted by atomic mass is 35.5. The van der Waals surface area contributed by atoms with Gasteiger partial charge in [-0.25, -0.2) is 9.69 Å². The average molecular weight is 615 g/mol. The average Bonchev–Trinajstić information content (AvgIpc) is 2.85. The highest BCUT2D eigenvalue weighted by molar-refractivity contribution is 6.40. The molecule has 1 saturated heterocycles. The number of nitrogens with one attached hydrogen (secondary N) is 1. The lowest BCUT2D eigenvalue weighted by atomic mass is 10.1. The number of imide groups is 2. The summed E-state index contributed by atoms with van der Waals surface area (Å²) >= 11 is 18.6. The number of halogens is 6. The van der Waals surface area contributed by atoms with Crippen LogP contribution in [0.1, 0.15) is 16.7 Å². The van der Waals surface area contributed by atoms with Gasteiger partial charge in [0.15, 0.2) is 5.75 Å². The maximum atomic E-state index is 13.2. The van der Waals surface area contributed by atoms with E-state index in [0.29, 0.717) is 17.7 Å². The van der Waals surface area contributed by atoms with Crippen molar-refractivity contribution < 1.29 is 37.2 Å². The number of nitro benzene ring substituents is 1. The lowest BCUT2D eigenvalue weighted by Gasteiger charge is -2.27. The van der Waals surface area contributed by atoms with Crippen molar-refractivity contribution in [2.24, 2.45) is 0 Å². The van der Waals surface area contributed by atoms with Crippen LogP contribution in [0.15, 0.2) is 54.1 Å². The minimum absolute atomic E-state index is 0.0971. The molecule has 4 amide bonds. The lowest BCUT2D eigenvalue weighted by Crippen LogP contribution is -2.54. The Bertz CT molecular complexity index is 1620. The Labute approximate surface area is 237 Å². The van der Waals surface area contributed by atoms with Gasteiger partial charge in [0.2, 0.25) is 5.75 Å². The molecule has 0 aliphatic carbocycles. The number of hydrogen-bond donors (Lipinski definition) is 1. The van der Waals surface area contributed by atoms with Crippen LogP contribution in [-0.4, -0.2) is 22.8 Å². The number of carbonyl (C=O) groups is 3. The van der Waals surface area contributed by atoms with Crippen LogP contribution in [0.4, 0.5) is 29.3 Å². The summed E-state index contributed by atoms with van der Waals surface area (Å²) in [7, 11) is 0. The molecule has 0 unspecified atom stereocenters. The molecule has 0 spiro atoms. The predicted octanol–water partition coefficient (Wildman–Crippen LogP) is 7.34. The molecule has 0 saturated carbocycles. The van der Waals surface area contributed by atoms with Crippen LogP contribution in [0, 0.1) is 17.0 Å². The number of urea groups is 1. The van der Waals surface area contributed by atoms with E-state index in [2.05, 4.69) is 5.32 Å². The smallest absolute Gasteiger partial charge is 0.416 e. The Morgan fingerprint density at radius 3 is 2.25 bits per heavy atom. The fraction of sp³-hybridized carbons (Fsp3) is 0.0800. The number of barbiturate groups is 1. The second kappa shape index (κ2) is 10.8. The van der Waals surface area contributed by atoms with E-state index in [1.807, 2.05) is 0 Å². The number of hydrogen-bond acceptors (Lipinski definition) is 6. The topological polar surface area (TPSA) is 119 Å². The van der Waals surface area contributed by atoms with E-state index >= 15 is 0 Å². The van der Waals surface area contributed by atoms with Gasteiger partial charge >= 0.3 is 17.9 Å². The minimum atomic E-state index is -4.83. The first-order chi connectivity index (χ1) is 18.7. The Kier molecular flexibility index (Phi) is 7.79. The molecule has 9 nitrogen and oxygen atoms in total. The third kappa shape index (κ3) is 5.60. The maximum absolute atomic E-state index is 13.2. The summed E-state index contributed by atoms with van der Waals surface area (Å²) < 4.78 is 44.4. The van der Waals surface area contributed by atoms with E-state index in [1.54, 1.807) is 13.0 Å². The largest absolute Gasteiger partial charge is 0.447 e. The van der Waals surface area contributed by atoms with Gasteiger partial charge in [0.1, 0.15) is 5.57 Å². The van der Waals surface area contributed by atoms with Crippen LogP contribution in [0.2, 0.25) is 15.1 Å². The van der Waals surface area contributed by atoms with Crippen molar-refractivity contribution in [2.75, 3.05) is 4.90 Å². The van der Waals surface area contributed by atoms with E-state index in [9.17, 15) is 37.7 Å². The third-order valence-corrected chi connectivity index (χ3v) is 6.58. The van der Waals surface area contributed by atoms with Gasteiger partial charge < -0.3 is 4.74 Å². The number of amides is 4. The molecule has 15 heteroatoms. The summed E-state index contributed by atoms with van der Waals surface area (Å²) in [4.78, 5) is 49.2. The molecule has 3 aromatic carbocycles. The maximum Gasteiger partial charge on any atom is 0.416 e. The molecular formula is C25H13Cl3F3N3O6. The van der Waals surface area contributed by atoms with E-state index in [1.165, 1.54) is 24.3 Å². The fourth-order valence-electron chi connectivity index (χ4n) is 3.67. The molecule has 1 fully saturated rings. The third-order valence-electron chi connectivity index (χ3n) is 5.61. The molecule has 206 valence electrons. The van der Waals surface area contributed by atoms with Crippen molar-refractivity contribution in [2.45, 2.75) is 13.1 Å². The summed E-state index contributed by atoms with van der Waals surface area (Å²) in [6.45, 7) is 1.58. The van der Waals surface area contributed by atoms with Crippen molar-refractivity contribution in [3.8, 4) is 11.5 Å². The van der Waals surface area contributed by atoms with Gasteiger partial charge in [-0.1, -0.05) is 40.9 Å². The van der Waals surface area contributed by atoms with Gasteiger partial charge in [-0.2, -0.15) is 13.2 Å². The number of nitrogens with zero attached hydrogens (tertiary/aromatic N) is 2. The first-order valence-corrected chi connectivity index (χ1v) is 12.0. The minimum Gasteiger partial charge on any atom is -0.447 e. The Hall–Kier alpha value is -4.13. The molecule has 3 aromatic rings. The Morgan fingerprint density at radius 2 is 1.65 bits per heavy atom. The van der Waals surface area contributed by atoms with Crippen LogP contribution in [-0.2, 0) is 15.8 Å². The summed E-state index contributed by atoms with van der Waals surface area (Å²) in [5.41, 5.74) is -2.06. The number of ether oxygens (including phenoxy) is 1. The van der Waals surface area contributed by atoms with E-state index < -0.39 is 51.5 Å². The normalized spacial score (nSPS) is 14.9. The van der Waals surface area contributed by atoms with Gasteiger partial charge in [0, 0.05) is 11.1 Å². The number of carbonyl (C=O) groups excluding carboxylic acids is 3. The quantitative estimate of drug-likeness (QED) is 0.139. The van der Waals surface area contributed by atoms with Crippen molar-refractivity contribution in [3.05, 3.63) is 96.0 Å². The van der Waals surface area contributed by atoms with Crippen LogP contribution in [0.3, 0.4) is 0 Å². The number of anilines is 1. The predicted molar refractivity (Wildman–Crippen MR) is 140 cm³/mol. The molecular weight excluding hydrogens is 602 g/mol. The number of benzene rings is 3. The molecule has 40 heavy (non-hydrogen) atoms. The van der Waals surface area contributed by atoms with Gasteiger partial charge in [-0.05, 0) is 60.5 Å². The SMILES string of the molecule is Cc1c(Cl)cccc1N1C(=O)NC(=O)/C(=C\c2cc(Cl)c(Oc3ccc(C(F)(F)F)cc3[N+](=O)[O-])c(Cl)c2)C1=O. The Morgan fingerprint density at radius 1 is 1.00 bits per heavy atom. The van der Waals surface area contributed by atoms with Gasteiger partial charge in [0.25, 0.3) is 11.8 Å². The lowest BCUT2D eigenvalue weighted by molar-refractivity contribution is -0.385. The van der Waals surface area contributed by atoms with Crippen LogP contribution >= 0.6 is 34.8 Å². The second-order valence-corrected chi connectivity index (χ2v) is 9.42. The summed E-state index contributed by atoms with van der Waals surface area (Å²) in [6, 6.07) is 7.57. The molecule has 1 N–H and O–H groups in total. The molecule has 0 bridgehead atoms. The van der Waals surface area contributed by atoms with E-state index in [-0.39, 0.29) is 32.1 Å². The molecule has 0 radical (unpaired) electrons. The zero-order valence-electron chi connectivity index (χ0n) is 19.8. The van der Waals surface area contributed by atoms with Crippen LogP contribution < -0.4 is 15.0 Å². The Balaban J connectivity index is 1.70. The van der Waals surface area contributed by atoms with Crippen LogP contribution in [0.5, 0.6) is 11.5 Å². The highest BCUT2D eigenvalue weighted by Gasteiger charge is 2.38. The monoisotopic (exact) mass is 613 g/mol. The number of alkyl halides is 3. The van der Waals surface area contributed by atoms with Crippen molar-refractivity contribution in [3.63, 3.8) is 0 Å². The second-order valence-electron chi connectivity index (χ2n) is 8.19. The van der Waals surface area contributed by atoms with Crippen molar-refractivity contribution in [1.29, 1.82) is 0 Å². The number of nitro groups is 1. The standard InChI is InChI=1S/C25H13Cl3F3N3O6/c1-11-15(26)3-2-4-18(11)33-23(36)14(22(35)32-24(33)37)7-12-8-16(27)21(17(28)9-12)40-20-6-5-13(25(29,30)31)10-19(20)34(38)39/h2-10H,1H3,(H,32,35,37)/b14-7+. The molecule has 1 aliphatic heterocycles. The fourth-order valence-corrected chi connectivity index (χ4v) is 4.42. The number of rotatable bonds is 5. The van der Waals surface area contributed by atoms with Gasteiger partial charge in [-0.15, -0.1) is 0 Å². The van der Waals surface area contributed by atoms with E-state index in [4.69, 9.17) is 39.5 Å². The molecule has 1 aliphatic rings. The zero-order chi connectivity index (χ0) is 29.5. The van der Waals surface area contributed by atoms with E-state index in [0.717, 1.165) is 17.0 Å². The summed E-state index contributed by atoms with van der Waals surface area (Å²) in [5, 5.41) is 13.2. The molecule has 1 heterocycles. The summed E-state index contributed by atoms with van der Waals surface area (Å²) in [5.74, 6) is -2.87. The molecule has 4 rings (SSSR count). The van der Waals surface area contributed by atoms with Gasteiger partial charge in [-0.3, -0.25) is 25.0 Å². The first kappa shape index (κ1) is 28.9. The van der Waals surface area contributed by atoms with Gasteiger partial charge in [0.05, 0.1) is 26.2 Å².